The maximum Gasteiger partial charge on any atom is 0.303 e. The van der Waals surface area contributed by atoms with Crippen molar-refractivity contribution in [2.45, 2.75) is 39.5 Å². The van der Waals surface area contributed by atoms with Crippen LogP contribution in [-0.4, -0.2) is 11.1 Å². The fraction of sp³-hybridized carbons (Fsp3) is 0.909. The van der Waals surface area contributed by atoms with E-state index >= 15 is 0 Å². The maximum absolute atomic E-state index is 10.6. The highest BCUT2D eigenvalue weighted by atomic mass is 16.4. The topological polar surface area (TPSA) is 37.3 Å². The minimum atomic E-state index is -0.619. The molecule has 3 rings (SSSR count). The lowest BCUT2D eigenvalue weighted by atomic mass is 9.45. The first-order valence-electron chi connectivity index (χ1n) is 5.23. The van der Waals surface area contributed by atoms with Gasteiger partial charge in [0.25, 0.3) is 0 Å². The Morgan fingerprint density at radius 2 is 2.15 bits per heavy atom. The standard InChI is InChI=1S/C11H18O2/c1-11(2)8-4-3-7(5-10(12)13)9(11)6-8/h7-9H,3-6H2,1-2H3,(H,12,13)/t7-,8+,9-/m0/s1. The van der Waals surface area contributed by atoms with Crippen LogP contribution in [0, 0.1) is 23.2 Å². The Kier molecular flexibility index (Phi) is 1.90. The molecule has 3 saturated carbocycles. The lowest BCUT2D eigenvalue weighted by Gasteiger charge is -2.60. The van der Waals surface area contributed by atoms with Gasteiger partial charge in [-0.15, -0.1) is 0 Å². The molecule has 0 saturated heterocycles. The fourth-order valence-corrected chi connectivity index (χ4v) is 3.43. The number of carbonyl (C=O) groups is 1. The monoisotopic (exact) mass is 182 g/mol. The Hall–Kier alpha value is -0.530. The average molecular weight is 182 g/mol. The summed E-state index contributed by atoms with van der Waals surface area (Å²) in [5, 5.41) is 8.77. The van der Waals surface area contributed by atoms with Crippen LogP contribution in [0.2, 0.25) is 0 Å². The first-order valence-corrected chi connectivity index (χ1v) is 5.23. The molecule has 0 aromatic carbocycles. The van der Waals surface area contributed by atoms with Gasteiger partial charge in [0.1, 0.15) is 0 Å². The van der Waals surface area contributed by atoms with Gasteiger partial charge in [-0.3, -0.25) is 4.79 Å². The normalized spacial score (nSPS) is 40.9. The third-order valence-electron chi connectivity index (χ3n) is 4.44. The van der Waals surface area contributed by atoms with Crippen molar-refractivity contribution in [3.63, 3.8) is 0 Å². The predicted octanol–water partition coefficient (Wildman–Crippen LogP) is 2.53. The summed E-state index contributed by atoms with van der Waals surface area (Å²) in [4.78, 5) is 10.6. The molecule has 2 bridgehead atoms. The van der Waals surface area contributed by atoms with Gasteiger partial charge < -0.3 is 5.11 Å². The van der Waals surface area contributed by atoms with Gasteiger partial charge in [-0.2, -0.15) is 0 Å². The van der Waals surface area contributed by atoms with Crippen LogP contribution in [0.3, 0.4) is 0 Å². The molecule has 0 aromatic heterocycles. The summed E-state index contributed by atoms with van der Waals surface area (Å²) in [6.45, 7) is 4.61. The van der Waals surface area contributed by atoms with Gasteiger partial charge >= 0.3 is 5.97 Å². The number of carboxylic acids is 1. The Balaban J connectivity index is 2.03. The van der Waals surface area contributed by atoms with E-state index in [4.69, 9.17) is 5.11 Å². The summed E-state index contributed by atoms with van der Waals surface area (Å²) in [6, 6.07) is 0. The Morgan fingerprint density at radius 3 is 2.62 bits per heavy atom. The molecule has 13 heavy (non-hydrogen) atoms. The Morgan fingerprint density at radius 1 is 1.46 bits per heavy atom. The first kappa shape index (κ1) is 9.04. The summed E-state index contributed by atoms with van der Waals surface area (Å²) >= 11 is 0. The number of fused-ring (bicyclic) bond motifs is 2. The van der Waals surface area contributed by atoms with E-state index in [0.717, 1.165) is 12.3 Å². The van der Waals surface area contributed by atoms with Crippen LogP contribution >= 0.6 is 0 Å². The summed E-state index contributed by atoms with van der Waals surface area (Å²) < 4.78 is 0. The second-order valence-corrected chi connectivity index (χ2v) is 5.30. The predicted molar refractivity (Wildman–Crippen MR) is 50.4 cm³/mol. The van der Waals surface area contributed by atoms with E-state index in [9.17, 15) is 4.79 Å². The molecule has 0 unspecified atom stereocenters. The molecule has 0 aromatic rings. The van der Waals surface area contributed by atoms with E-state index in [1.807, 2.05) is 0 Å². The van der Waals surface area contributed by atoms with Gasteiger partial charge in [0.2, 0.25) is 0 Å². The van der Waals surface area contributed by atoms with Gasteiger partial charge in [0.05, 0.1) is 0 Å². The number of rotatable bonds is 2. The molecule has 0 aliphatic heterocycles. The Bertz CT molecular complexity index is 230. The van der Waals surface area contributed by atoms with Crippen LogP contribution in [0.15, 0.2) is 0 Å². The molecule has 3 aliphatic carbocycles. The minimum Gasteiger partial charge on any atom is -0.481 e. The number of hydrogen-bond acceptors (Lipinski definition) is 1. The summed E-state index contributed by atoms with van der Waals surface area (Å²) in [6.07, 6.45) is 4.07. The van der Waals surface area contributed by atoms with E-state index in [1.165, 1.54) is 12.8 Å². The van der Waals surface area contributed by atoms with Crippen LogP contribution in [-0.2, 0) is 4.79 Å². The smallest absolute Gasteiger partial charge is 0.303 e. The number of hydrogen-bond donors (Lipinski definition) is 1. The molecule has 0 spiro atoms. The molecule has 2 heteroatoms. The van der Waals surface area contributed by atoms with Crippen molar-refractivity contribution < 1.29 is 9.90 Å². The first-order chi connectivity index (χ1) is 6.01. The van der Waals surface area contributed by atoms with Crippen molar-refractivity contribution in [3.05, 3.63) is 0 Å². The Labute approximate surface area is 79.3 Å². The zero-order valence-electron chi connectivity index (χ0n) is 8.42. The highest BCUT2D eigenvalue weighted by Gasteiger charge is 2.54. The van der Waals surface area contributed by atoms with Gasteiger partial charge in [-0.05, 0) is 42.4 Å². The van der Waals surface area contributed by atoms with Crippen LogP contribution in [0.4, 0.5) is 0 Å². The van der Waals surface area contributed by atoms with E-state index < -0.39 is 5.97 Å². The second kappa shape index (κ2) is 2.73. The van der Waals surface area contributed by atoms with Crippen molar-refractivity contribution in [1.29, 1.82) is 0 Å². The fourth-order valence-electron chi connectivity index (χ4n) is 3.43. The van der Waals surface area contributed by atoms with Crippen molar-refractivity contribution >= 4 is 5.97 Å². The molecule has 3 atom stereocenters. The molecule has 3 fully saturated rings. The lowest BCUT2D eigenvalue weighted by Crippen LogP contribution is -2.52. The number of aliphatic carboxylic acids is 1. The largest absolute Gasteiger partial charge is 0.481 e. The van der Waals surface area contributed by atoms with Crippen LogP contribution in [0.1, 0.15) is 39.5 Å². The molecular weight excluding hydrogens is 164 g/mol. The molecule has 0 heterocycles. The van der Waals surface area contributed by atoms with Crippen LogP contribution in [0.5, 0.6) is 0 Å². The quantitative estimate of drug-likeness (QED) is 0.712. The molecule has 74 valence electrons. The zero-order chi connectivity index (χ0) is 9.64. The SMILES string of the molecule is CC1(C)[C@@H]2CC[C@@H](CC(=O)O)[C@@H]1C2. The molecule has 3 aliphatic rings. The van der Waals surface area contributed by atoms with E-state index in [1.54, 1.807) is 0 Å². The van der Waals surface area contributed by atoms with Gasteiger partial charge in [0, 0.05) is 6.42 Å². The van der Waals surface area contributed by atoms with Gasteiger partial charge in [0.15, 0.2) is 0 Å². The second-order valence-electron chi connectivity index (χ2n) is 5.30. The van der Waals surface area contributed by atoms with Crippen molar-refractivity contribution in [3.8, 4) is 0 Å². The summed E-state index contributed by atoms with van der Waals surface area (Å²) in [5.41, 5.74) is 0.429. The summed E-state index contributed by atoms with van der Waals surface area (Å²) in [5.74, 6) is 1.40. The van der Waals surface area contributed by atoms with E-state index in [2.05, 4.69) is 13.8 Å². The molecular formula is C11H18O2. The minimum absolute atomic E-state index is 0.390. The molecule has 2 nitrogen and oxygen atoms in total. The third kappa shape index (κ3) is 1.27. The van der Waals surface area contributed by atoms with Crippen molar-refractivity contribution in [2.24, 2.45) is 23.2 Å². The van der Waals surface area contributed by atoms with Crippen LogP contribution < -0.4 is 0 Å². The van der Waals surface area contributed by atoms with Crippen molar-refractivity contribution in [1.82, 2.24) is 0 Å². The average Bonchev–Trinajstić information content (AvgIpc) is 2.03. The van der Waals surface area contributed by atoms with Gasteiger partial charge in [-0.1, -0.05) is 13.8 Å². The highest BCUT2D eigenvalue weighted by molar-refractivity contribution is 5.67. The molecule has 0 amide bonds. The van der Waals surface area contributed by atoms with E-state index in [0.29, 0.717) is 23.7 Å². The van der Waals surface area contributed by atoms with Crippen LogP contribution in [0.25, 0.3) is 0 Å². The third-order valence-corrected chi connectivity index (χ3v) is 4.44. The summed E-state index contributed by atoms with van der Waals surface area (Å²) in [7, 11) is 0. The van der Waals surface area contributed by atoms with Gasteiger partial charge in [-0.25, -0.2) is 0 Å². The maximum atomic E-state index is 10.6. The zero-order valence-corrected chi connectivity index (χ0v) is 8.42. The lowest BCUT2D eigenvalue weighted by molar-refractivity contribution is -0.146. The molecule has 1 N–H and O–H groups in total. The molecule has 0 radical (unpaired) electrons. The van der Waals surface area contributed by atoms with E-state index in [-0.39, 0.29) is 0 Å². The van der Waals surface area contributed by atoms with Crippen molar-refractivity contribution in [2.75, 3.05) is 0 Å². The number of carboxylic acid groups (broad SMARTS) is 1. The highest BCUT2D eigenvalue weighted by Crippen LogP contribution is 2.61.